The largest absolute Gasteiger partial charge is 0.337 e. The van der Waals surface area contributed by atoms with Gasteiger partial charge >= 0.3 is 0 Å². The highest BCUT2D eigenvalue weighted by Gasteiger charge is 2.20. The molecule has 0 aromatic carbocycles. The average Bonchev–Trinajstić information content (AvgIpc) is 2.11. The fourth-order valence-corrected chi connectivity index (χ4v) is 0.559. The van der Waals surface area contributed by atoms with Crippen molar-refractivity contribution in [3.8, 4) is 0 Å². The average molecular weight is 178 g/mol. The van der Waals surface area contributed by atoms with E-state index in [2.05, 4.69) is 10.1 Å². The molecule has 0 spiro atoms. The first kappa shape index (κ1) is 10.4. The van der Waals surface area contributed by atoms with Crippen molar-refractivity contribution in [1.82, 2.24) is 10.1 Å². The Hall–Kier alpha value is -0.610. The van der Waals surface area contributed by atoms with Crippen LogP contribution < -0.4 is 5.73 Å². The summed E-state index contributed by atoms with van der Waals surface area (Å²) in [5, 5.41) is 3.62. The Morgan fingerprint density at radius 3 is 2.18 bits per heavy atom. The lowest BCUT2D eigenvalue weighted by atomic mass is 10.1. The van der Waals surface area contributed by atoms with Crippen molar-refractivity contribution in [2.45, 2.75) is 26.3 Å². The third-order valence-electron chi connectivity index (χ3n) is 1.08. The summed E-state index contributed by atoms with van der Waals surface area (Å²) < 4.78 is 4.84. The maximum absolute atomic E-state index is 5.67. The molecule has 0 aliphatic carbocycles. The standard InChI is InChI=1S/C6H11N3O.ClH/c1-4-8-5(10-9-4)6(2,3)7;/h7H2,1-3H3;1H. The molecule has 0 unspecified atom stereocenters. The van der Waals surface area contributed by atoms with Gasteiger partial charge in [0.1, 0.15) is 0 Å². The summed E-state index contributed by atoms with van der Waals surface area (Å²) in [5.74, 6) is 1.10. The lowest BCUT2D eigenvalue weighted by Gasteiger charge is -2.10. The van der Waals surface area contributed by atoms with E-state index in [0.717, 1.165) is 0 Å². The van der Waals surface area contributed by atoms with Gasteiger partial charge in [0.05, 0.1) is 5.54 Å². The second-order valence-corrected chi connectivity index (χ2v) is 2.87. The third kappa shape index (κ3) is 2.48. The van der Waals surface area contributed by atoms with Gasteiger partial charge in [-0.05, 0) is 20.8 Å². The molecule has 0 radical (unpaired) electrons. The molecule has 0 amide bonds. The number of nitrogens with two attached hydrogens (primary N) is 1. The molecule has 5 heteroatoms. The maximum Gasteiger partial charge on any atom is 0.246 e. The highest BCUT2D eigenvalue weighted by Crippen LogP contribution is 2.12. The second kappa shape index (κ2) is 3.19. The summed E-state index contributed by atoms with van der Waals surface area (Å²) in [6, 6.07) is 0. The number of aryl methyl sites for hydroxylation is 1. The molecule has 1 aromatic heterocycles. The van der Waals surface area contributed by atoms with Crippen LogP contribution in [0.2, 0.25) is 0 Å². The Balaban J connectivity index is 0.000001000. The van der Waals surface area contributed by atoms with Gasteiger partial charge in [-0.15, -0.1) is 12.4 Å². The highest BCUT2D eigenvalue weighted by atomic mass is 35.5. The minimum atomic E-state index is -0.527. The zero-order chi connectivity index (χ0) is 7.78. The molecule has 0 atom stereocenters. The van der Waals surface area contributed by atoms with Crippen LogP contribution in [0.1, 0.15) is 25.6 Å². The van der Waals surface area contributed by atoms with E-state index in [0.29, 0.717) is 11.7 Å². The molecule has 0 aliphatic rings. The van der Waals surface area contributed by atoms with Crippen LogP contribution in [0, 0.1) is 6.92 Å². The van der Waals surface area contributed by atoms with Gasteiger partial charge in [-0.3, -0.25) is 0 Å². The van der Waals surface area contributed by atoms with E-state index in [9.17, 15) is 0 Å². The van der Waals surface area contributed by atoms with E-state index >= 15 is 0 Å². The Labute approximate surface area is 71.6 Å². The van der Waals surface area contributed by atoms with Crippen LogP contribution in [-0.4, -0.2) is 10.1 Å². The lowest BCUT2D eigenvalue weighted by molar-refractivity contribution is 0.310. The predicted octanol–water partition coefficient (Wildman–Crippen LogP) is 0.994. The molecule has 2 N–H and O–H groups in total. The van der Waals surface area contributed by atoms with Crippen molar-refractivity contribution in [3.63, 3.8) is 0 Å². The van der Waals surface area contributed by atoms with Crippen molar-refractivity contribution >= 4 is 12.4 Å². The van der Waals surface area contributed by atoms with Crippen LogP contribution >= 0.6 is 12.4 Å². The number of rotatable bonds is 1. The van der Waals surface area contributed by atoms with Crippen LogP contribution in [0.3, 0.4) is 0 Å². The van der Waals surface area contributed by atoms with Crippen LogP contribution in [0.5, 0.6) is 0 Å². The molecule has 0 saturated heterocycles. The summed E-state index contributed by atoms with van der Waals surface area (Å²) in [5.41, 5.74) is 5.15. The lowest BCUT2D eigenvalue weighted by Crippen LogP contribution is -2.28. The summed E-state index contributed by atoms with van der Waals surface area (Å²) >= 11 is 0. The van der Waals surface area contributed by atoms with Crippen LogP contribution in [0.4, 0.5) is 0 Å². The first-order chi connectivity index (χ1) is 4.50. The van der Waals surface area contributed by atoms with Gasteiger partial charge in [-0.2, -0.15) is 4.98 Å². The number of nitrogens with zero attached hydrogens (tertiary/aromatic N) is 2. The molecule has 0 aliphatic heterocycles. The fraction of sp³-hybridized carbons (Fsp3) is 0.667. The Bertz CT molecular complexity index is 228. The van der Waals surface area contributed by atoms with Crippen molar-refractivity contribution < 1.29 is 4.52 Å². The van der Waals surface area contributed by atoms with Crippen LogP contribution in [0.15, 0.2) is 4.52 Å². The highest BCUT2D eigenvalue weighted by molar-refractivity contribution is 5.85. The minimum Gasteiger partial charge on any atom is -0.337 e. The van der Waals surface area contributed by atoms with Crippen LogP contribution in [0.25, 0.3) is 0 Å². The van der Waals surface area contributed by atoms with Gasteiger partial charge in [-0.1, -0.05) is 5.16 Å². The Kier molecular flexibility index (Phi) is 3.02. The summed E-state index contributed by atoms with van der Waals surface area (Å²) in [6.07, 6.45) is 0. The summed E-state index contributed by atoms with van der Waals surface area (Å²) in [4.78, 5) is 3.98. The van der Waals surface area contributed by atoms with E-state index in [1.165, 1.54) is 0 Å². The van der Waals surface area contributed by atoms with Gasteiger partial charge in [0.25, 0.3) is 0 Å². The van der Waals surface area contributed by atoms with Crippen molar-refractivity contribution in [2.24, 2.45) is 5.73 Å². The molecule has 4 nitrogen and oxygen atoms in total. The molecule has 1 aromatic rings. The van der Waals surface area contributed by atoms with Gasteiger partial charge in [0.2, 0.25) is 5.89 Å². The zero-order valence-corrected chi connectivity index (χ0v) is 7.60. The molecule has 1 heterocycles. The van der Waals surface area contributed by atoms with Crippen LogP contribution in [-0.2, 0) is 5.54 Å². The van der Waals surface area contributed by atoms with Gasteiger partial charge in [0, 0.05) is 0 Å². The van der Waals surface area contributed by atoms with Crippen molar-refractivity contribution in [2.75, 3.05) is 0 Å². The zero-order valence-electron chi connectivity index (χ0n) is 6.79. The minimum absolute atomic E-state index is 0. The molecule has 0 bridgehead atoms. The fourth-order valence-electron chi connectivity index (χ4n) is 0.559. The molecular formula is C6H12ClN3O. The molecule has 11 heavy (non-hydrogen) atoms. The first-order valence-electron chi connectivity index (χ1n) is 3.10. The predicted molar refractivity (Wildman–Crippen MR) is 43.5 cm³/mol. The molecule has 0 fully saturated rings. The second-order valence-electron chi connectivity index (χ2n) is 2.87. The molecule has 1 rings (SSSR count). The Morgan fingerprint density at radius 2 is 2.00 bits per heavy atom. The van der Waals surface area contributed by atoms with Crippen molar-refractivity contribution in [1.29, 1.82) is 0 Å². The van der Waals surface area contributed by atoms with Gasteiger partial charge in [-0.25, -0.2) is 0 Å². The topological polar surface area (TPSA) is 64.9 Å². The number of hydrogen-bond acceptors (Lipinski definition) is 4. The SMILES string of the molecule is Cc1noc(C(C)(C)N)n1.Cl. The Morgan fingerprint density at radius 1 is 1.45 bits per heavy atom. The summed E-state index contributed by atoms with van der Waals surface area (Å²) in [7, 11) is 0. The maximum atomic E-state index is 5.67. The molecule has 0 saturated carbocycles. The van der Waals surface area contributed by atoms with Gasteiger partial charge in [0.15, 0.2) is 5.82 Å². The monoisotopic (exact) mass is 177 g/mol. The van der Waals surface area contributed by atoms with Crippen molar-refractivity contribution in [3.05, 3.63) is 11.7 Å². The smallest absolute Gasteiger partial charge is 0.246 e. The van der Waals surface area contributed by atoms with E-state index in [-0.39, 0.29) is 12.4 Å². The molecular weight excluding hydrogens is 166 g/mol. The van der Waals surface area contributed by atoms with E-state index in [1.807, 2.05) is 13.8 Å². The third-order valence-corrected chi connectivity index (χ3v) is 1.08. The number of halogens is 1. The normalized spacial score (nSPS) is 10.9. The number of aromatic nitrogens is 2. The van der Waals surface area contributed by atoms with Gasteiger partial charge < -0.3 is 10.3 Å². The quantitative estimate of drug-likeness (QED) is 0.695. The summed E-state index contributed by atoms with van der Waals surface area (Å²) in [6.45, 7) is 5.40. The van der Waals surface area contributed by atoms with E-state index < -0.39 is 5.54 Å². The van der Waals surface area contributed by atoms with E-state index in [4.69, 9.17) is 10.3 Å². The molecule has 64 valence electrons. The number of hydrogen-bond donors (Lipinski definition) is 1. The van der Waals surface area contributed by atoms with E-state index in [1.54, 1.807) is 6.92 Å². The first-order valence-corrected chi connectivity index (χ1v) is 3.10.